The smallest absolute Gasteiger partial charge is 0.275 e. The lowest BCUT2D eigenvalue weighted by Crippen LogP contribution is -2.16. The van der Waals surface area contributed by atoms with Crippen molar-refractivity contribution in [3.63, 3.8) is 0 Å². The van der Waals surface area contributed by atoms with Crippen LogP contribution in [0.2, 0.25) is 0 Å². The van der Waals surface area contributed by atoms with Gasteiger partial charge in [0, 0.05) is 6.07 Å². The fourth-order valence-electron chi connectivity index (χ4n) is 1.32. The lowest BCUT2D eigenvalue weighted by molar-refractivity contribution is -0.386. The summed E-state index contributed by atoms with van der Waals surface area (Å²) < 4.78 is 0. The highest BCUT2D eigenvalue weighted by atomic mass is 16.6. The van der Waals surface area contributed by atoms with Crippen molar-refractivity contribution >= 4 is 5.69 Å². The van der Waals surface area contributed by atoms with E-state index < -0.39 is 23.7 Å². The van der Waals surface area contributed by atoms with Crippen LogP contribution in [0.25, 0.3) is 0 Å². The summed E-state index contributed by atoms with van der Waals surface area (Å²) in [6.45, 7) is -0.506. The molecule has 0 radical (unpaired) electrons. The monoisotopic (exact) mass is 238 g/mol. The van der Waals surface area contributed by atoms with E-state index in [1.807, 2.05) is 0 Å². The van der Waals surface area contributed by atoms with Crippen molar-refractivity contribution in [2.24, 2.45) is 0 Å². The van der Waals surface area contributed by atoms with Gasteiger partial charge in [-0.25, -0.2) is 0 Å². The summed E-state index contributed by atoms with van der Waals surface area (Å²) in [6, 6.07) is 5.03. The van der Waals surface area contributed by atoms with Crippen LogP contribution in [-0.2, 0) is 6.61 Å². The van der Waals surface area contributed by atoms with Crippen LogP contribution in [0.3, 0.4) is 0 Å². The maximum Gasteiger partial charge on any atom is 0.275 e. The molecule has 0 saturated heterocycles. The maximum absolute atomic E-state index is 10.7. The highest BCUT2D eigenvalue weighted by Crippen LogP contribution is 2.25. The van der Waals surface area contributed by atoms with Gasteiger partial charge in [-0.1, -0.05) is 6.07 Å². The Balaban J connectivity index is 3.17. The minimum absolute atomic E-state index is 0.0444. The van der Waals surface area contributed by atoms with Gasteiger partial charge in [0.1, 0.15) is 6.10 Å². The Hall–Kier alpha value is -2.01. The van der Waals surface area contributed by atoms with Gasteiger partial charge < -0.3 is 15.3 Å². The molecule has 0 aliphatic rings. The van der Waals surface area contributed by atoms with Crippen LogP contribution in [-0.4, -0.2) is 26.3 Å². The van der Waals surface area contributed by atoms with Crippen LogP contribution in [0.15, 0.2) is 18.2 Å². The zero-order valence-electron chi connectivity index (χ0n) is 8.65. The second-order valence-corrected chi connectivity index (χ2v) is 3.32. The van der Waals surface area contributed by atoms with Gasteiger partial charge in [-0.2, -0.15) is 5.26 Å². The molecule has 7 nitrogen and oxygen atoms in total. The number of nitriles is 1. The molecule has 1 rings (SSSR count). The number of aliphatic hydroxyl groups is 3. The van der Waals surface area contributed by atoms with Gasteiger partial charge in [0.05, 0.1) is 23.2 Å². The molecule has 0 spiro atoms. The molecule has 2 atom stereocenters. The molecular weight excluding hydrogens is 228 g/mol. The number of hydrogen-bond donors (Lipinski definition) is 3. The van der Waals surface area contributed by atoms with Crippen molar-refractivity contribution in [2.45, 2.75) is 18.8 Å². The lowest BCUT2D eigenvalue weighted by atomic mass is 10.0. The standard InChI is InChI=1S/C10H10N2O5/c11-4-9(14)10(15)6-1-2-7(5-13)8(3-6)12(16)17/h1-3,9-10,13-15H,5H2. The molecule has 0 heterocycles. The minimum atomic E-state index is -1.66. The van der Waals surface area contributed by atoms with Gasteiger partial charge >= 0.3 is 0 Å². The Labute approximate surface area is 96.3 Å². The molecule has 0 saturated carbocycles. The Kier molecular flexibility index (Phi) is 4.12. The summed E-state index contributed by atoms with van der Waals surface area (Å²) in [6.07, 6.45) is -3.18. The van der Waals surface area contributed by atoms with Crippen molar-refractivity contribution in [1.29, 1.82) is 5.26 Å². The first-order valence-corrected chi connectivity index (χ1v) is 4.65. The molecule has 0 fully saturated rings. The average molecular weight is 238 g/mol. The third-order valence-electron chi connectivity index (χ3n) is 2.25. The molecule has 0 aliphatic carbocycles. The van der Waals surface area contributed by atoms with Crippen LogP contribution in [0.1, 0.15) is 17.2 Å². The van der Waals surface area contributed by atoms with E-state index in [9.17, 15) is 15.2 Å². The van der Waals surface area contributed by atoms with Crippen molar-refractivity contribution in [1.82, 2.24) is 0 Å². The number of nitrogens with zero attached hydrogens (tertiary/aromatic N) is 2. The average Bonchev–Trinajstić information content (AvgIpc) is 2.35. The number of benzene rings is 1. The highest BCUT2D eigenvalue weighted by Gasteiger charge is 2.22. The number of rotatable bonds is 4. The predicted octanol–water partition coefficient (Wildman–Crippen LogP) is 0.00498. The topological polar surface area (TPSA) is 128 Å². The minimum Gasteiger partial charge on any atom is -0.391 e. The molecular formula is C10H10N2O5. The fourth-order valence-corrected chi connectivity index (χ4v) is 1.32. The lowest BCUT2D eigenvalue weighted by Gasteiger charge is -2.12. The Morgan fingerprint density at radius 1 is 1.47 bits per heavy atom. The van der Waals surface area contributed by atoms with E-state index >= 15 is 0 Å². The first kappa shape index (κ1) is 13.1. The van der Waals surface area contributed by atoms with Crippen LogP contribution in [0.5, 0.6) is 0 Å². The van der Waals surface area contributed by atoms with Crippen molar-refractivity contribution in [3.8, 4) is 6.07 Å². The van der Waals surface area contributed by atoms with Crippen molar-refractivity contribution in [2.75, 3.05) is 0 Å². The van der Waals surface area contributed by atoms with E-state index in [1.165, 1.54) is 18.2 Å². The molecule has 3 N–H and O–H groups in total. The second kappa shape index (κ2) is 5.36. The van der Waals surface area contributed by atoms with Gasteiger partial charge in [-0.3, -0.25) is 10.1 Å². The van der Waals surface area contributed by atoms with Crippen LogP contribution < -0.4 is 0 Å². The number of nitro benzene ring substituents is 1. The van der Waals surface area contributed by atoms with E-state index in [1.54, 1.807) is 0 Å². The van der Waals surface area contributed by atoms with E-state index in [4.69, 9.17) is 15.5 Å². The first-order valence-electron chi connectivity index (χ1n) is 4.65. The van der Waals surface area contributed by atoms with E-state index in [-0.39, 0.29) is 16.8 Å². The maximum atomic E-state index is 10.7. The summed E-state index contributed by atoms with van der Waals surface area (Å²) in [7, 11) is 0. The Morgan fingerprint density at radius 2 is 2.12 bits per heavy atom. The molecule has 2 unspecified atom stereocenters. The van der Waals surface area contributed by atoms with E-state index in [0.717, 1.165) is 6.07 Å². The van der Waals surface area contributed by atoms with E-state index in [0.29, 0.717) is 0 Å². The molecule has 17 heavy (non-hydrogen) atoms. The number of nitro groups is 1. The summed E-state index contributed by atoms with van der Waals surface area (Å²) >= 11 is 0. The van der Waals surface area contributed by atoms with Gasteiger partial charge in [0.2, 0.25) is 0 Å². The fraction of sp³-hybridized carbons (Fsp3) is 0.300. The summed E-state index contributed by atoms with van der Waals surface area (Å²) in [5, 5.41) is 46.6. The highest BCUT2D eigenvalue weighted by molar-refractivity contribution is 5.44. The SMILES string of the molecule is N#CC(O)C(O)c1ccc(CO)c([N+](=O)[O-])c1. The Bertz CT molecular complexity index is 468. The van der Waals surface area contributed by atoms with Crippen LogP contribution >= 0.6 is 0 Å². The molecule has 7 heteroatoms. The molecule has 0 aliphatic heterocycles. The third-order valence-corrected chi connectivity index (χ3v) is 2.25. The quantitative estimate of drug-likeness (QED) is 0.385. The van der Waals surface area contributed by atoms with Crippen molar-refractivity contribution < 1.29 is 20.2 Å². The van der Waals surface area contributed by atoms with Crippen LogP contribution in [0.4, 0.5) is 5.69 Å². The molecule has 0 bridgehead atoms. The third kappa shape index (κ3) is 2.76. The van der Waals surface area contributed by atoms with Gasteiger partial charge in [0.25, 0.3) is 5.69 Å². The van der Waals surface area contributed by atoms with Gasteiger partial charge in [-0.15, -0.1) is 0 Å². The molecule has 1 aromatic carbocycles. The van der Waals surface area contributed by atoms with Gasteiger partial charge in [0.15, 0.2) is 6.10 Å². The second-order valence-electron chi connectivity index (χ2n) is 3.32. The first-order chi connectivity index (χ1) is 8.01. The van der Waals surface area contributed by atoms with E-state index in [2.05, 4.69) is 0 Å². The largest absolute Gasteiger partial charge is 0.391 e. The summed E-state index contributed by atoms with van der Waals surface area (Å²) in [5.41, 5.74) is -0.227. The van der Waals surface area contributed by atoms with Crippen LogP contribution in [0, 0.1) is 21.4 Å². The molecule has 0 amide bonds. The van der Waals surface area contributed by atoms with Crippen molar-refractivity contribution in [3.05, 3.63) is 39.4 Å². The predicted molar refractivity (Wildman–Crippen MR) is 55.6 cm³/mol. The Morgan fingerprint density at radius 3 is 2.59 bits per heavy atom. The normalized spacial score (nSPS) is 13.8. The molecule has 0 aromatic heterocycles. The zero-order chi connectivity index (χ0) is 13.0. The number of hydrogen-bond acceptors (Lipinski definition) is 6. The summed E-state index contributed by atoms with van der Waals surface area (Å²) in [4.78, 5) is 9.97. The molecule has 90 valence electrons. The number of aliphatic hydroxyl groups excluding tert-OH is 3. The molecule has 1 aromatic rings. The summed E-state index contributed by atoms with van der Waals surface area (Å²) in [5.74, 6) is 0. The zero-order valence-corrected chi connectivity index (χ0v) is 8.65. The van der Waals surface area contributed by atoms with Gasteiger partial charge in [-0.05, 0) is 11.6 Å².